The van der Waals surface area contributed by atoms with E-state index in [0.717, 1.165) is 16.9 Å². The predicted octanol–water partition coefficient (Wildman–Crippen LogP) is 3.17. The maximum Gasteiger partial charge on any atom is 0.123 e. The number of rotatable bonds is 2. The van der Waals surface area contributed by atoms with Gasteiger partial charge in [-0.25, -0.2) is 9.97 Å². The van der Waals surface area contributed by atoms with E-state index in [-0.39, 0.29) is 0 Å². The van der Waals surface area contributed by atoms with E-state index in [1.54, 1.807) is 24.8 Å². The monoisotopic (exact) mass is 270 g/mol. The van der Waals surface area contributed by atoms with Crippen molar-refractivity contribution >= 4 is 17.4 Å². The summed E-state index contributed by atoms with van der Waals surface area (Å²) in [6.07, 6.45) is 5.26. The molecule has 3 rings (SSSR count). The second-order valence-electron chi connectivity index (χ2n) is 4.10. The number of imidazole rings is 1. The number of pyridine rings is 1. The summed E-state index contributed by atoms with van der Waals surface area (Å²) in [7, 11) is 0. The topological polar surface area (TPSA) is 56.7 Å². The second-order valence-corrected chi connectivity index (χ2v) is 4.54. The minimum atomic E-state index is 0.498. The Balaban J connectivity index is 2.10. The fourth-order valence-corrected chi connectivity index (χ4v) is 2.08. The fourth-order valence-electron chi connectivity index (χ4n) is 1.90. The molecular weight excluding hydrogens is 260 g/mol. The summed E-state index contributed by atoms with van der Waals surface area (Å²) < 4.78 is 1.96. The summed E-state index contributed by atoms with van der Waals surface area (Å²) in [4.78, 5) is 8.29. The largest absolute Gasteiger partial charge is 0.384 e. The van der Waals surface area contributed by atoms with Crippen LogP contribution in [-0.2, 0) is 0 Å². The highest BCUT2D eigenvalue weighted by Gasteiger charge is 2.07. The summed E-state index contributed by atoms with van der Waals surface area (Å²) in [5.41, 5.74) is 8.44. The van der Waals surface area contributed by atoms with Crippen molar-refractivity contribution in [3.05, 3.63) is 60.1 Å². The van der Waals surface area contributed by atoms with Crippen molar-refractivity contribution in [2.24, 2.45) is 0 Å². The predicted molar refractivity (Wildman–Crippen MR) is 76.2 cm³/mol. The van der Waals surface area contributed by atoms with Crippen molar-refractivity contribution in [1.82, 2.24) is 14.5 Å². The average molecular weight is 271 g/mol. The molecule has 19 heavy (non-hydrogen) atoms. The van der Waals surface area contributed by atoms with Crippen LogP contribution in [0.2, 0.25) is 5.02 Å². The van der Waals surface area contributed by atoms with Gasteiger partial charge in [-0.2, -0.15) is 0 Å². The van der Waals surface area contributed by atoms with Crippen molar-refractivity contribution in [2.75, 3.05) is 5.73 Å². The zero-order valence-corrected chi connectivity index (χ0v) is 10.7. The molecule has 94 valence electrons. The molecule has 3 aromatic rings. The lowest BCUT2D eigenvalue weighted by atomic mass is 10.2. The van der Waals surface area contributed by atoms with Gasteiger partial charge in [0.1, 0.15) is 5.82 Å². The number of hydrogen-bond acceptors (Lipinski definition) is 3. The standard InChI is InChI=1S/C14H11ClN4/c15-11-2-1-3-12(6-11)19-9-17-8-13(19)10-4-5-14(16)18-7-10/h1-9H,(H2,16,18). The van der Waals surface area contributed by atoms with E-state index in [2.05, 4.69) is 9.97 Å². The van der Waals surface area contributed by atoms with Crippen LogP contribution in [-0.4, -0.2) is 14.5 Å². The molecule has 5 heteroatoms. The Labute approximate surface area is 115 Å². The van der Waals surface area contributed by atoms with E-state index in [1.165, 1.54) is 0 Å². The average Bonchev–Trinajstić information content (AvgIpc) is 2.89. The minimum absolute atomic E-state index is 0.498. The van der Waals surface area contributed by atoms with Gasteiger partial charge in [-0.15, -0.1) is 0 Å². The highest BCUT2D eigenvalue weighted by atomic mass is 35.5. The molecule has 2 aromatic heterocycles. The van der Waals surface area contributed by atoms with Crippen LogP contribution in [0.1, 0.15) is 0 Å². The number of aromatic nitrogens is 3. The Kier molecular flexibility index (Phi) is 2.93. The first kappa shape index (κ1) is 11.7. The Morgan fingerprint density at radius 2 is 2.00 bits per heavy atom. The molecule has 2 N–H and O–H groups in total. The van der Waals surface area contributed by atoms with Crippen LogP contribution < -0.4 is 5.73 Å². The Hall–Kier alpha value is -2.33. The van der Waals surface area contributed by atoms with E-state index in [0.29, 0.717) is 10.8 Å². The Morgan fingerprint density at radius 1 is 1.11 bits per heavy atom. The normalized spacial score (nSPS) is 10.6. The number of anilines is 1. The van der Waals surface area contributed by atoms with Gasteiger partial charge in [0.15, 0.2) is 0 Å². The van der Waals surface area contributed by atoms with Crippen molar-refractivity contribution in [1.29, 1.82) is 0 Å². The SMILES string of the molecule is Nc1ccc(-c2cncn2-c2cccc(Cl)c2)cn1. The lowest BCUT2D eigenvalue weighted by Crippen LogP contribution is -1.96. The molecule has 0 amide bonds. The number of nitrogens with zero attached hydrogens (tertiary/aromatic N) is 3. The first-order valence-corrected chi connectivity index (χ1v) is 6.12. The van der Waals surface area contributed by atoms with Crippen molar-refractivity contribution in [2.45, 2.75) is 0 Å². The molecule has 0 atom stereocenters. The molecule has 0 spiro atoms. The van der Waals surface area contributed by atoms with Crippen molar-refractivity contribution in [3.8, 4) is 16.9 Å². The summed E-state index contributed by atoms with van der Waals surface area (Å²) in [5.74, 6) is 0.498. The first-order valence-electron chi connectivity index (χ1n) is 5.74. The molecule has 4 nitrogen and oxygen atoms in total. The van der Waals surface area contributed by atoms with Crippen LogP contribution in [0, 0.1) is 0 Å². The van der Waals surface area contributed by atoms with Gasteiger partial charge in [0, 0.05) is 22.5 Å². The van der Waals surface area contributed by atoms with Gasteiger partial charge in [-0.1, -0.05) is 17.7 Å². The van der Waals surface area contributed by atoms with Crippen LogP contribution in [0.3, 0.4) is 0 Å². The van der Waals surface area contributed by atoms with Gasteiger partial charge >= 0.3 is 0 Å². The molecule has 1 aromatic carbocycles. The molecule has 0 aliphatic heterocycles. The van der Waals surface area contributed by atoms with Crippen LogP contribution >= 0.6 is 11.6 Å². The maximum atomic E-state index is 6.02. The molecule has 0 aliphatic carbocycles. The molecule has 0 saturated heterocycles. The zero-order chi connectivity index (χ0) is 13.2. The van der Waals surface area contributed by atoms with Gasteiger partial charge in [0.2, 0.25) is 0 Å². The highest BCUT2D eigenvalue weighted by Crippen LogP contribution is 2.23. The molecule has 0 saturated carbocycles. The molecule has 0 bridgehead atoms. The van der Waals surface area contributed by atoms with Crippen LogP contribution in [0.25, 0.3) is 16.9 Å². The summed E-state index contributed by atoms with van der Waals surface area (Å²) in [5, 5.41) is 0.688. The molecule has 2 heterocycles. The fraction of sp³-hybridized carbons (Fsp3) is 0. The van der Waals surface area contributed by atoms with E-state index in [9.17, 15) is 0 Å². The van der Waals surface area contributed by atoms with Gasteiger partial charge in [-0.05, 0) is 30.3 Å². The van der Waals surface area contributed by atoms with Crippen LogP contribution in [0.5, 0.6) is 0 Å². The molecular formula is C14H11ClN4. The summed E-state index contributed by atoms with van der Waals surface area (Å²) in [6, 6.07) is 11.3. The Bertz CT molecular complexity index is 703. The van der Waals surface area contributed by atoms with Crippen LogP contribution in [0.4, 0.5) is 5.82 Å². The van der Waals surface area contributed by atoms with Gasteiger partial charge < -0.3 is 5.73 Å². The lowest BCUT2D eigenvalue weighted by Gasteiger charge is -2.08. The molecule has 0 aliphatic rings. The number of hydrogen-bond donors (Lipinski definition) is 1. The van der Waals surface area contributed by atoms with Gasteiger partial charge in [-0.3, -0.25) is 4.57 Å². The maximum absolute atomic E-state index is 6.02. The first-order chi connectivity index (χ1) is 9.24. The minimum Gasteiger partial charge on any atom is -0.384 e. The number of halogens is 1. The number of benzene rings is 1. The second kappa shape index (κ2) is 4.74. The number of nitrogen functional groups attached to an aromatic ring is 1. The third-order valence-corrected chi connectivity index (χ3v) is 3.04. The third kappa shape index (κ3) is 2.30. The molecule has 0 unspecified atom stereocenters. The van der Waals surface area contributed by atoms with E-state index in [1.807, 2.05) is 34.9 Å². The van der Waals surface area contributed by atoms with Crippen molar-refractivity contribution < 1.29 is 0 Å². The summed E-state index contributed by atoms with van der Waals surface area (Å²) in [6.45, 7) is 0. The number of nitrogens with two attached hydrogens (primary N) is 1. The Morgan fingerprint density at radius 3 is 2.74 bits per heavy atom. The van der Waals surface area contributed by atoms with E-state index >= 15 is 0 Å². The summed E-state index contributed by atoms with van der Waals surface area (Å²) >= 11 is 6.02. The molecule has 0 fully saturated rings. The van der Waals surface area contributed by atoms with Crippen LogP contribution in [0.15, 0.2) is 55.1 Å². The lowest BCUT2D eigenvalue weighted by molar-refractivity contribution is 1.06. The molecule has 0 radical (unpaired) electrons. The van der Waals surface area contributed by atoms with E-state index in [4.69, 9.17) is 17.3 Å². The highest BCUT2D eigenvalue weighted by molar-refractivity contribution is 6.30. The smallest absolute Gasteiger partial charge is 0.123 e. The van der Waals surface area contributed by atoms with Crippen molar-refractivity contribution in [3.63, 3.8) is 0 Å². The van der Waals surface area contributed by atoms with Gasteiger partial charge in [0.05, 0.1) is 18.2 Å². The zero-order valence-electron chi connectivity index (χ0n) is 9.99. The van der Waals surface area contributed by atoms with Gasteiger partial charge in [0.25, 0.3) is 0 Å². The third-order valence-electron chi connectivity index (χ3n) is 2.81. The quantitative estimate of drug-likeness (QED) is 0.778. The van der Waals surface area contributed by atoms with E-state index < -0.39 is 0 Å².